The molecule has 1 aliphatic rings. The number of likely N-dealkylation sites (N-methyl/N-ethyl adjacent to an activating group) is 1. The van der Waals surface area contributed by atoms with Gasteiger partial charge in [-0.1, -0.05) is 24.3 Å². The normalized spacial score (nSPS) is 13.7. The van der Waals surface area contributed by atoms with Crippen LogP contribution in [0.1, 0.15) is 18.1 Å². The monoisotopic (exact) mass is 375 g/mol. The van der Waals surface area contributed by atoms with E-state index in [1.807, 2.05) is 51.4 Å². The average molecular weight is 375 g/mol. The number of benzene rings is 2. The third-order valence-corrected chi connectivity index (χ3v) is 4.99. The van der Waals surface area contributed by atoms with Crippen LogP contribution in [0.5, 0.6) is 5.75 Å². The molecule has 0 saturated heterocycles. The molecule has 0 fully saturated rings. The van der Waals surface area contributed by atoms with Crippen molar-refractivity contribution < 1.29 is 4.74 Å². The van der Waals surface area contributed by atoms with E-state index in [9.17, 15) is 4.79 Å². The van der Waals surface area contributed by atoms with Gasteiger partial charge in [0.2, 0.25) is 0 Å². The van der Waals surface area contributed by atoms with Gasteiger partial charge in [-0.25, -0.2) is 0 Å². The summed E-state index contributed by atoms with van der Waals surface area (Å²) in [6, 6.07) is 17.6. The Morgan fingerprint density at radius 1 is 1.07 bits per heavy atom. The van der Waals surface area contributed by atoms with Crippen molar-refractivity contribution in [2.45, 2.75) is 25.9 Å². The Hall–Kier alpha value is -2.92. The predicted molar refractivity (Wildman–Crippen MR) is 111 cm³/mol. The Labute approximate surface area is 165 Å². The Balaban J connectivity index is 1.65. The van der Waals surface area contributed by atoms with Crippen LogP contribution in [-0.2, 0) is 12.8 Å². The van der Waals surface area contributed by atoms with Crippen molar-refractivity contribution in [2.24, 2.45) is 0 Å². The number of aromatic nitrogens is 2. The third-order valence-electron chi connectivity index (χ3n) is 4.99. The lowest BCUT2D eigenvalue weighted by molar-refractivity contribution is 0.177. The summed E-state index contributed by atoms with van der Waals surface area (Å²) in [5, 5.41) is 4.71. The second-order valence-electron chi connectivity index (χ2n) is 7.61. The molecule has 4 rings (SSSR count). The van der Waals surface area contributed by atoms with Gasteiger partial charge in [-0.05, 0) is 69.3 Å². The standard InChI is InChI=1S/C23H25N3O2/c1-16(15-25(2)3)28-20-12-10-19(11-13-20)26-22(27)14-18-9-8-17-6-4-5-7-21(17)23(18)24-26/h4-7,10-14,16H,8-9,15H2,1-3H3. The zero-order valence-electron chi connectivity index (χ0n) is 16.6. The molecule has 0 saturated carbocycles. The van der Waals surface area contributed by atoms with Crippen LogP contribution in [0, 0.1) is 0 Å². The van der Waals surface area contributed by atoms with Crippen molar-refractivity contribution in [1.29, 1.82) is 0 Å². The second kappa shape index (κ2) is 7.60. The molecule has 2 aromatic carbocycles. The molecule has 5 nitrogen and oxygen atoms in total. The van der Waals surface area contributed by atoms with Gasteiger partial charge in [-0.15, -0.1) is 0 Å². The van der Waals surface area contributed by atoms with Crippen LogP contribution >= 0.6 is 0 Å². The van der Waals surface area contributed by atoms with E-state index in [0.29, 0.717) is 0 Å². The number of ether oxygens (including phenoxy) is 1. The van der Waals surface area contributed by atoms with Gasteiger partial charge in [0.15, 0.2) is 0 Å². The van der Waals surface area contributed by atoms with Crippen LogP contribution in [0.4, 0.5) is 0 Å². The highest BCUT2D eigenvalue weighted by molar-refractivity contribution is 5.69. The van der Waals surface area contributed by atoms with Gasteiger partial charge >= 0.3 is 0 Å². The summed E-state index contributed by atoms with van der Waals surface area (Å²) in [6.07, 6.45) is 1.89. The maximum atomic E-state index is 12.7. The van der Waals surface area contributed by atoms with Gasteiger partial charge in [-0.3, -0.25) is 4.79 Å². The van der Waals surface area contributed by atoms with Gasteiger partial charge in [0, 0.05) is 18.2 Å². The first-order chi connectivity index (χ1) is 13.5. The summed E-state index contributed by atoms with van der Waals surface area (Å²) < 4.78 is 7.41. The first-order valence-electron chi connectivity index (χ1n) is 9.64. The minimum atomic E-state index is -0.104. The van der Waals surface area contributed by atoms with Crippen molar-refractivity contribution >= 4 is 0 Å². The van der Waals surface area contributed by atoms with E-state index in [1.54, 1.807) is 6.07 Å². The van der Waals surface area contributed by atoms with E-state index in [1.165, 1.54) is 10.2 Å². The molecule has 3 aromatic rings. The van der Waals surface area contributed by atoms with Gasteiger partial charge in [0.05, 0.1) is 11.4 Å². The fourth-order valence-corrected chi connectivity index (χ4v) is 3.78. The van der Waals surface area contributed by atoms with Gasteiger partial charge in [0.25, 0.3) is 5.56 Å². The van der Waals surface area contributed by atoms with E-state index in [2.05, 4.69) is 23.1 Å². The van der Waals surface area contributed by atoms with Crippen molar-refractivity contribution in [2.75, 3.05) is 20.6 Å². The lowest BCUT2D eigenvalue weighted by atomic mass is 9.89. The van der Waals surface area contributed by atoms with Crippen LogP contribution in [0.15, 0.2) is 59.4 Å². The molecule has 28 heavy (non-hydrogen) atoms. The van der Waals surface area contributed by atoms with E-state index < -0.39 is 0 Å². The molecule has 0 aliphatic heterocycles. The Morgan fingerprint density at radius 3 is 2.54 bits per heavy atom. The van der Waals surface area contributed by atoms with E-state index in [-0.39, 0.29) is 11.7 Å². The largest absolute Gasteiger partial charge is 0.489 e. The summed E-state index contributed by atoms with van der Waals surface area (Å²) in [7, 11) is 4.05. The topological polar surface area (TPSA) is 47.4 Å². The molecule has 0 radical (unpaired) electrons. The maximum absolute atomic E-state index is 12.7. The second-order valence-corrected chi connectivity index (χ2v) is 7.61. The smallest absolute Gasteiger partial charge is 0.271 e. The predicted octanol–water partition coefficient (Wildman–Crippen LogP) is 3.33. The van der Waals surface area contributed by atoms with E-state index >= 15 is 0 Å². The fourth-order valence-electron chi connectivity index (χ4n) is 3.78. The number of hydrogen-bond donors (Lipinski definition) is 0. The molecule has 1 aromatic heterocycles. The number of hydrogen-bond acceptors (Lipinski definition) is 4. The van der Waals surface area contributed by atoms with Gasteiger partial charge in [0.1, 0.15) is 11.9 Å². The lowest BCUT2D eigenvalue weighted by Crippen LogP contribution is -2.28. The number of fused-ring (bicyclic) bond motifs is 3. The van der Waals surface area contributed by atoms with Gasteiger partial charge in [-0.2, -0.15) is 9.78 Å². The molecule has 1 aliphatic carbocycles. The number of aryl methyl sites for hydroxylation is 2. The van der Waals surface area contributed by atoms with Crippen LogP contribution in [0.25, 0.3) is 16.9 Å². The molecule has 5 heteroatoms. The molecule has 1 heterocycles. The van der Waals surface area contributed by atoms with E-state index in [0.717, 1.165) is 47.6 Å². The number of rotatable bonds is 5. The molecule has 1 atom stereocenters. The summed E-state index contributed by atoms with van der Waals surface area (Å²) in [5.41, 5.74) is 4.97. The highest BCUT2D eigenvalue weighted by Crippen LogP contribution is 2.30. The average Bonchev–Trinajstić information content (AvgIpc) is 2.67. The molecule has 0 bridgehead atoms. The minimum absolute atomic E-state index is 0.0851. The van der Waals surface area contributed by atoms with E-state index in [4.69, 9.17) is 9.84 Å². The van der Waals surface area contributed by atoms with Gasteiger partial charge < -0.3 is 9.64 Å². The lowest BCUT2D eigenvalue weighted by Gasteiger charge is -2.20. The van der Waals surface area contributed by atoms with Crippen molar-refractivity contribution in [3.8, 4) is 22.7 Å². The number of nitrogens with zero attached hydrogens (tertiary/aromatic N) is 3. The zero-order valence-corrected chi connectivity index (χ0v) is 16.6. The molecule has 0 spiro atoms. The summed E-state index contributed by atoms with van der Waals surface area (Å²) >= 11 is 0. The zero-order chi connectivity index (χ0) is 19.7. The molecule has 0 N–H and O–H groups in total. The van der Waals surface area contributed by atoms with Crippen LogP contribution in [0.3, 0.4) is 0 Å². The molecular weight excluding hydrogens is 350 g/mol. The molecule has 144 valence electrons. The van der Waals surface area contributed by atoms with Crippen LogP contribution < -0.4 is 10.3 Å². The Kier molecular flexibility index (Phi) is 5.01. The summed E-state index contributed by atoms with van der Waals surface area (Å²) in [4.78, 5) is 14.7. The fraction of sp³-hybridized carbons (Fsp3) is 0.304. The van der Waals surface area contributed by atoms with Crippen molar-refractivity contribution in [1.82, 2.24) is 14.7 Å². The Bertz CT molecular complexity index is 1040. The van der Waals surface area contributed by atoms with Crippen LogP contribution in [0.2, 0.25) is 0 Å². The quantitative estimate of drug-likeness (QED) is 0.686. The molecular formula is C23H25N3O2. The summed E-state index contributed by atoms with van der Waals surface area (Å²) in [6.45, 7) is 2.88. The SMILES string of the molecule is CC(CN(C)C)Oc1ccc(-n2nc3c(cc2=O)CCc2ccccc2-3)cc1. The van der Waals surface area contributed by atoms with Crippen molar-refractivity contribution in [3.05, 3.63) is 76.1 Å². The highest BCUT2D eigenvalue weighted by atomic mass is 16.5. The first-order valence-corrected chi connectivity index (χ1v) is 9.64. The molecule has 0 amide bonds. The Morgan fingerprint density at radius 2 is 1.79 bits per heavy atom. The highest BCUT2D eigenvalue weighted by Gasteiger charge is 2.19. The van der Waals surface area contributed by atoms with Crippen molar-refractivity contribution in [3.63, 3.8) is 0 Å². The first kappa shape index (κ1) is 18.4. The maximum Gasteiger partial charge on any atom is 0.271 e. The van der Waals surface area contributed by atoms with Crippen LogP contribution in [-0.4, -0.2) is 41.4 Å². The summed E-state index contributed by atoms with van der Waals surface area (Å²) in [5.74, 6) is 0.787. The third kappa shape index (κ3) is 3.71. The molecule has 1 unspecified atom stereocenters. The minimum Gasteiger partial charge on any atom is -0.489 e.